The van der Waals surface area contributed by atoms with Crippen LogP contribution in [-0.2, 0) is 24.3 Å². The second-order valence-corrected chi connectivity index (χ2v) is 7.77. The highest BCUT2D eigenvalue weighted by Crippen LogP contribution is 2.17. The van der Waals surface area contributed by atoms with Crippen LogP contribution in [0.4, 0.5) is 0 Å². The maximum atomic E-state index is 5.12. The zero-order chi connectivity index (χ0) is 19.1. The number of ether oxygens (including phenoxy) is 1. The number of guanidine groups is 1. The van der Waals surface area contributed by atoms with E-state index in [1.165, 1.54) is 10.5 Å². The Morgan fingerprint density at radius 2 is 2.14 bits per heavy atom. The monoisotopic (exact) mass is 516 g/mol. The Morgan fingerprint density at radius 3 is 2.86 bits per heavy atom. The van der Waals surface area contributed by atoms with E-state index >= 15 is 0 Å². The van der Waals surface area contributed by atoms with Gasteiger partial charge < -0.3 is 15.4 Å². The largest absolute Gasteiger partial charge is 0.377 e. The average Bonchev–Trinajstić information content (AvgIpc) is 3.07. The summed E-state index contributed by atoms with van der Waals surface area (Å²) in [6.45, 7) is 4.22. The van der Waals surface area contributed by atoms with Crippen molar-refractivity contribution >= 4 is 41.7 Å². The summed E-state index contributed by atoms with van der Waals surface area (Å²) in [4.78, 5) is 10.2. The molecule has 1 aromatic heterocycles. The Balaban J connectivity index is 0.00000280. The molecule has 9 heteroatoms. The predicted molar refractivity (Wildman–Crippen MR) is 125 cm³/mol. The van der Waals surface area contributed by atoms with Crippen molar-refractivity contribution in [1.29, 1.82) is 0 Å². The Labute approximate surface area is 188 Å². The van der Waals surface area contributed by atoms with Crippen LogP contribution < -0.4 is 10.6 Å². The molecule has 0 amide bonds. The number of fused-ring (bicyclic) bond motifs is 1. The van der Waals surface area contributed by atoms with E-state index < -0.39 is 0 Å². The second kappa shape index (κ2) is 11.6. The van der Waals surface area contributed by atoms with Gasteiger partial charge in [0.15, 0.2) is 11.8 Å². The van der Waals surface area contributed by atoms with Crippen LogP contribution in [0.2, 0.25) is 0 Å². The number of rotatable bonds is 7. The van der Waals surface area contributed by atoms with Gasteiger partial charge in [-0.2, -0.15) is 5.10 Å². The zero-order valence-electron chi connectivity index (χ0n) is 16.6. The SMILES string of the molecule is CN=C(NCCSc1ccc(C)cc1)NC1CCc2nc(COC)nn2C1.I. The lowest BCUT2D eigenvalue weighted by Gasteiger charge is -2.25. The van der Waals surface area contributed by atoms with E-state index in [1.807, 2.05) is 23.5 Å². The summed E-state index contributed by atoms with van der Waals surface area (Å²) in [6.07, 6.45) is 1.93. The van der Waals surface area contributed by atoms with Crippen molar-refractivity contribution in [1.82, 2.24) is 25.4 Å². The van der Waals surface area contributed by atoms with Gasteiger partial charge in [-0.15, -0.1) is 35.7 Å². The summed E-state index contributed by atoms with van der Waals surface area (Å²) < 4.78 is 7.10. The minimum atomic E-state index is 0. The van der Waals surface area contributed by atoms with Gasteiger partial charge in [-0.25, -0.2) is 9.67 Å². The maximum absolute atomic E-state index is 5.12. The molecule has 2 heterocycles. The molecule has 2 N–H and O–H groups in total. The molecule has 0 saturated heterocycles. The van der Waals surface area contributed by atoms with Crippen LogP contribution in [0.3, 0.4) is 0 Å². The molecule has 0 aliphatic carbocycles. The number of aliphatic imine (C=N–C) groups is 1. The highest BCUT2D eigenvalue weighted by molar-refractivity contribution is 14.0. The Hall–Kier alpha value is -1.33. The molecule has 0 spiro atoms. The molecule has 0 saturated carbocycles. The molecule has 0 bridgehead atoms. The number of hydrogen-bond acceptors (Lipinski definition) is 5. The van der Waals surface area contributed by atoms with Gasteiger partial charge >= 0.3 is 0 Å². The number of aryl methyl sites for hydroxylation is 2. The summed E-state index contributed by atoms with van der Waals surface area (Å²) in [5, 5.41) is 11.4. The van der Waals surface area contributed by atoms with E-state index in [-0.39, 0.29) is 24.0 Å². The van der Waals surface area contributed by atoms with Crippen LogP contribution in [0, 0.1) is 6.92 Å². The van der Waals surface area contributed by atoms with Gasteiger partial charge in [0, 0.05) is 43.8 Å². The van der Waals surface area contributed by atoms with Gasteiger partial charge in [0.05, 0.1) is 6.54 Å². The fourth-order valence-electron chi connectivity index (χ4n) is 3.03. The second-order valence-electron chi connectivity index (χ2n) is 6.60. The fraction of sp³-hybridized carbons (Fsp3) is 0.526. The number of methoxy groups -OCH3 is 1. The van der Waals surface area contributed by atoms with E-state index in [4.69, 9.17) is 4.74 Å². The quantitative estimate of drug-likeness (QED) is 0.194. The molecule has 2 aromatic rings. The highest BCUT2D eigenvalue weighted by atomic mass is 127. The molecule has 1 aromatic carbocycles. The molecule has 154 valence electrons. The lowest BCUT2D eigenvalue weighted by molar-refractivity contribution is 0.177. The molecular formula is C19H29IN6OS. The molecule has 28 heavy (non-hydrogen) atoms. The van der Waals surface area contributed by atoms with Crippen LogP contribution in [-0.4, -0.2) is 53.2 Å². The Bertz CT molecular complexity index is 764. The number of nitrogens with zero attached hydrogens (tertiary/aromatic N) is 4. The van der Waals surface area contributed by atoms with Crippen molar-refractivity contribution in [2.24, 2.45) is 4.99 Å². The van der Waals surface area contributed by atoms with Gasteiger partial charge in [0.1, 0.15) is 12.4 Å². The summed E-state index contributed by atoms with van der Waals surface area (Å²) in [6, 6.07) is 8.93. The smallest absolute Gasteiger partial charge is 0.191 e. The highest BCUT2D eigenvalue weighted by Gasteiger charge is 2.22. The normalized spacial score (nSPS) is 16.2. The third-order valence-electron chi connectivity index (χ3n) is 4.42. The molecule has 1 aliphatic heterocycles. The summed E-state index contributed by atoms with van der Waals surface area (Å²) in [7, 11) is 3.47. The third-order valence-corrected chi connectivity index (χ3v) is 5.44. The summed E-state index contributed by atoms with van der Waals surface area (Å²) in [5.41, 5.74) is 1.29. The molecule has 0 radical (unpaired) electrons. The molecule has 7 nitrogen and oxygen atoms in total. The summed E-state index contributed by atoms with van der Waals surface area (Å²) in [5.74, 6) is 3.62. The molecule has 3 rings (SSSR count). The standard InChI is InChI=1S/C19H28N6OS.HI/c1-14-4-7-16(8-5-14)27-11-10-21-19(20-2)22-15-6-9-18-23-17(13-26-3)24-25(18)12-15;/h4-5,7-8,15H,6,9-13H2,1-3H3,(H2,20,21,22);1H. The first-order chi connectivity index (χ1) is 13.2. The minimum absolute atomic E-state index is 0. The van der Waals surface area contributed by atoms with Crippen molar-refractivity contribution in [2.75, 3.05) is 26.5 Å². The number of nitrogens with one attached hydrogen (secondary N) is 2. The van der Waals surface area contributed by atoms with Crippen LogP contribution in [0.15, 0.2) is 34.2 Å². The molecule has 1 atom stereocenters. The number of aromatic nitrogens is 3. The van der Waals surface area contributed by atoms with Gasteiger partial charge in [-0.05, 0) is 25.5 Å². The molecule has 0 fully saturated rings. The predicted octanol–water partition coefficient (Wildman–Crippen LogP) is 2.62. The number of thioether (sulfide) groups is 1. The maximum Gasteiger partial charge on any atom is 0.191 e. The number of benzene rings is 1. The first-order valence-electron chi connectivity index (χ1n) is 9.26. The minimum Gasteiger partial charge on any atom is -0.377 e. The van der Waals surface area contributed by atoms with Crippen LogP contribution in [0.1, 0.15) is 23.6 Å². The number of hydrogen-bond donors (Lipinski definition) is 2. The number of halogens is 1. The van der Waals surface area contributed by atoms with E-state index in [1.54, 1.807) is 7.11 Å². The molecular weight excluding hydrogens is 487 g/mol. The van der Waals surface area contributed by atoms with Crippen molar-refractivity contribution in [3.63, 3.8) is 0 Å². The van der Waals surface area contributed by atoms with Gasteiger partial charge in [0.25, 0.3) is 0 Å². The molecule has 1 unspecified atom stereocenters. The van der Waals surface area contributed by atoms with Gasteiger partial charge in [-0.3, -0.25) is 4.99 Å². The Kier molecular flexibility index (Phi) is 9.52. The van der Waals surface area contributed by atoms with Gasteiger partial charge in [-0.1, -0.05) is 17.7 Å². The Morgan fingerprint density at radius 1 is 1.36 bits per heavy atom. The van der Waals surface area contributed by atoms with Crippen molar-refractivity contribution in [3.05, 3.63) is 41.5 Å². The zero-order valence-corrected chi connectivity index (χ0v) is 19.8. The van der Waals surface area contributed by atoms with Crippen molar-refractivity contribution in [2.45, 2.75) is 43.9 Å². The van der Waals surface area contributed by atoms with Crippen LogP contribution in [0.25, 0.3) is 0 Å². The van der Waals surface area contributed by atoms with E-state index in [9.17, 15) is 0 Å². The van der Waals surface area contributed by atoms with E-state index in [0.29, 0.717) is 12.6 Å². The van der Waals surface area contributed by atoms with Gasteiger partial charge in [0.2, 0.25) is 0 Å². The van der Waals surface area contributed by atoms with Crippen LogP contribution >= 0.6 is 35.7 Å². The lowest BCUT2D eigenvalue weighted by Crippen LogP contribution is -2.47. The molecule has 1 aliphatic rings. The van der Waals surface area contributed by atoms with Crippen molar-refractivity contribution < 1.29 is 4.74 Å². The van der Waals surface area contributed by atoms with E-state index in [2.05, 4.69) is 56.9 Å². The lowest BCUT2D eigenvalue weighted by atomic mass is 10.1. The first-order valence-corrected chi connectivity index (χ1v) is 10.2. The van der Waals surface area contributed by atoms with Crippen LogP contribution in [0.5, 0.6) is 0 Å². The first kappa shape index (κ1) is 23.0. The topological polar surface area (TPSA) is 76.4 Å². The van der Waals surface area contributed by atoms with Crippen molar-refractivity contribution in [3.8, 4) is 0 Å². The third kappa shape index (κ3) is 6.63. The fourth-order valence-corrected chi connectivity index (χ4v) is 3.80. The average molecular weight is 516 g/mol. The summed E-state index contributed by atoms with van der Waals surface area (Å²) >= 11 is 1.85. The van der Waals surface area contributed by atoms with E-state index in [0.717, 1.165) is 49.3 Å².